The zero-order valence-electron chi connectivity index (χ0n) is 10.8. The van der Waals surface area contributed by atoms with E-state index in [0.717, 1.165) is 11.3 Å². The Kier molecular flexibility index (Phi) is 4.08. The number of anilines is 1. The monoisotopic (exact) mass is 233 g/mol. The lowest BCUT2D eigenvalue weighted by molar-refractivity contribution is 0.311. The second kappa shape index (κ2) is 5.15. The number of hydrogen-bond acceptors (Lipinski definition) is 4. The Morgan fingerprint density at radius 3 is 2.59 bits per heavy atom. The molecule has 2 N–H and O–H groups in total. The molecular weight excluding hydrogens is 214 g/mol. The predicted molar refractivity (Wildman–Crippen MR) is 68.0 cm³/mol. The first-order valence-electron chi connectivity index (χ1n) is 5.67. The van der Waals surface area contributed by atoms with Crippen molar-refractivity contribution in [1.29, 1.82) is 5.26 Å². The summed E-state index contributed by atoms with van der Waals surface area (Å²) in [5.41, 5.74) is 2.17. The average Bonchev–Trinajstić information content (AvgIpc) is 2.24. The molecule has 0 aliphatic carbocycles. The second-order valence-electron chi connectivity index (χ2n) is 5.06. The van der Waals surface area contributed by atoms with Crippen molar-refractivity contribution in [2.75, 3.05) is 18.5 Å². The molecule has 0 fully saturated rings. The number of aryl methyl sites for hydroxylation is 1. The zero-order chi connectivity index (χ0) is 13.1. The highest BCUT2D eigenvalue weighted by Crippen LogP contribution is 2.27. The molecule has 0 saturated heterocycles. The van der Waals surface area contributed by atoms with Crippen LogP contribution in [-0.4, -0.2) is 23.2 Å². The Balaban J connectivity index is 3.26. The number of aliphatic hydroxyl groups excluding tert-OH is 1. The van der Waals surface area contributed by atoms with E-state index in [1.165, 1.54) is 0 Å². The summed E-state index contributed by atoms with van der Waals surface area (Å²) >= 11 is 0. The molecular formula is C13H19N3O. The van der Waals surface area contributed by atoms with Crippen molar-refractivity contribution in [3.05, 3.63) is 22.9 Å². The smallest absolute Gasteiger partial charge is 0.126 e. The fourth-order valence-electron chi connectivity index (χ4n) is 1.63. The molecule has 0 spiro atoms. The maximum Gasteiger partial charge on any atom is 0.126 e. The van der Waals surface area contributed by atoms with E-state index in [-0.39, 0.29) is 12.0 Å². The third-order valence-corrected chi connectivity index (χ3v) is 2.46. The van der Waals surface area contributed by atoms with Crippen LogP contribution in [0.15, 0.2) is 6.07 Å². The summed E-state index contributed by atoms with van der Waals surface area (Å²) in [5.74, 6) is 0.709. The molecule has 1 aromatic rings. The Morgan fingerprint density at radius 2 is 2.12 bits per heavy atom. The van der Waals surface area contributed by atoms with Gasteiger partial charge in [-0.1, -0.05) is 20.8 Å². The minimum atomic E-state index is -0.174. The molecule has 1 rings (SSSR count). The van der Waals surface area contributed by atoms with Gasteiger partial charge in [-0.05, 0) is 18.6 Å². The van der Waals surface area contributed by atoms with Crippen LogP contribution in [0.4, 0.5) is 5.82 Å². The molecule has 1 heterocycles. The molecule has 0 unspecified atom stereocenters. The lowest BCUT2D eigenvalue weighted by Gasteiger charge is -2.21. The molecule has 1 aromatic heterocycles. The standard InChI is InChI=1S/C13H19N3O/c1-9-7-11(15-5-6-17)16-12(10(9)8-14)13(2,3)4/h7,17H,5-6H2,1-4H3,(H,15,16). The number of nitrogens with zero attached hydrogens (tertiary/aromatic N) is 2. The molecule has 0 bridgehead atoms. The molecule has 0 aliphatic rings. The molecule has 0 saturated carbocycles. The van der Waals surface area contributed by atoms with Crippen molar-refractivity contribution in [3.63, 3.8) is 0 Å². The first-order chi connectivity index (χ1) is 7.90. The molecule has 0 atom stereocenters. The fraction of sp³-hybridized carbons (Fsp3) is 0.538. The Labute approximate surface area is 102 Å². The number of pyridine rings is 1. The largest absolute Gasteiger partial charge is 0.395 e. The minimum absolute atomic E-state index is 0.0611. The van der Waals surface area contributed by atoms with Gasteiger partial charge in [0.05, 0.1) is 17.9 Å². The highest BCUT2D eigenvalue weighted by Gasteiger charge is 2.22. The summed E-state index contributed by atoms with van der Waals surface area (Å²) in [4.78, 5) is 4.47. The predicted octanol–water partition coefficient (Wildman–Crippen LogP) is 1.96. The second-order valence-corrected chi connectivity index (χ2v) is 5.06. The quantitative estimate of drug-likeness (QED) is 0.837. The van der Waals surface area contributed by atoms with Gasteiger partial charge in [-0.3, -0.25) is 0 Å². The molecule has 92 valence electrons. The molecule has 0 amide bonds. The zero-order valence-corrected chi connectivity index (χ0v) is 10.8. The van der Waals surface area contributed by atoms with Gasteiger partial charge in [0.25, 0.3) is 0 Å². The number of aliphatic hydroxyl groups is 1. The van der Waals surface area contributed by atoms with Crippen molar-refractivity contribution in [2.45, 2.75) is 33.1 Å². The van der Waals surface area contributed by atoms with E-state index in [1.54, 1.807) is 0 Å². The maximum atomic E-state index is 9.18. The molecule has 4 heteroatoms. The van der Waals surface area contributed by atoms with Gasteiger partial charge in [0.2, 0.25) is 0 Å². The van der Waals surface area contributed by atoms with Crippen molar-refractivity contribution in [1.82, 2.24) is 4.98 Å². The van der Waals surface area contributed by atoms with Crippen molar-refractivity contribution in [2.24, 2.45) is 0 Å². The summed E-state index contributed by atoms with van der Waals surface area (Å²) < 4.78 is 0. The Morgan fingerprint density at radius 1 is 1.47 bits per heavy atom. The highest BCUT2D eigenvalue weighted by atomic mass is 16.3. The van der Waals surface area contributed by atoms with Gasteiger partial charge in [-0.25, -0.2) is 4.98 Å². The van der Waals surface area contributed by atoms with Crippen LogP contribution in [0.5, 0.6) is 0 Å². The summed E-state index contributed by atoms with van der Waals surface area (Å²) in [5, 5.41) is 21.0. The number of rotatable bonds is 3. The summed E-state index contributed by atoms with van der Waals surface area (Å²) in [6, 6.07) is 4.05. The maximum absolute atomic E-state index is 9.18. The summed E-state index contributed by atoms with van der Waals surface area (Å²) in [7, 11) is 0. The van der Waals surface area contributed by atoms with Crippen LogP contribution >= 0.6 is 0 Å². The SMILES string of the molecule is Cc1cc(NCCO)nc(C(C)(C)C)c1C#N. The van der Waals surface area contributed by atoms with E-state index in [0.29, 0.717) is 17.9 Å². The van der Waals surface area contributed by atoms with Gasteiger partial charge in [0.1, 0.15) is 11.9 Å². The van der Waals surface area contributed by atoms with Crippen LogP contribution < -0.4 is 5.32 Å². The third kappa shape index (κ3) is 3.18. The average molecular weight is 233 g/mol. The summed E-state index contributed by atoms with van der Waals surface area (Å²) in [6.07, 6.45) is 0. The lowest BCUT2D eigenvalue weighted by Crippen LogP contribution is -2.18. The van der Waals surface area contributed by atoms with E-state index >= 15 is 0 Å². The summed E-state index contributed by atoms with van der Waals surface area (Å²) in [6.45, 7) is 8.52. The van der Waals surface area contributed by atoms with Gasteiger partial charge in [0, 0.05) is 12.0 Å². The number of nitrogens with one attached hydrogen (secondary N) is 1. The number of nitriles is 1. The van der Waals surface area contributed by atoms with Gasteiger partial charge in [-0.2, -0.15) is 5.26 Å². The first-order valence-corrected chi connectivity index (χ1v) is 5.67. The van der Waals surface area contributed by atoms with Crippen LogP contribution in [0.25, 0.3) is 0 Å². The molecule has 0 aromatic carbocycles. The van der Waals surface area contributed by atoms with Crippen LogP contribution in [0.2, 0.25) is 0 Å². The lowest BCUT2D eigenvalue weighted by atomic mass is 9.87. The van der Waals surface area contributed by atoms with Crippen LogP contribution in [0.1, 0.15) is 37.6 Å². The van der Waals surface area contributed by atoms with E-state index in [1.807, 2.05) is 33.8 Å². The van der Waals surface area contributed by atoms with E-state index < -0.39 is 0 Å². The first kappa shape index (κ1) is 13.5. The fourth-order valence-corrected chi connectivity index (χ4v) is 1.63. The van der Waals surface area contributed by atoms with Gasteiger partial charge < -0.3 is 10.4 Å². The van der Waals surface area contributed by atoms with Crippen molar-refractivity contribution in [3.8, 4) is 6.07 Å². The molecule has 0 aliphatic heterocycles. The van der Waals surface area contributed by atoms with Crippen LogP contribution in [0, 0.1) is 18.3 Å². The van der Waals surface area contributed by atoms with Crippen molar-refractivity contribution < 1.29 is 5.11 Å². The molecule has 4 nitrogen and oxygen atoms in total. The molecule has 0 radical (unpaired) electrons. The van der Waals surface area contributed by atoms with Crippen LogP contribution in [-0.2, 0) is 5.41 Å². The van der Waals surface area contributed by atoms with Gasteiger partial charge in [0.15, 0.2) is 0 Å². The minimum Gasteiger partial charge on any atom is -0.395 e. The van der Waals surface area contributed by atoms with Crippen LogP contribution in [0.3, 0.4) is 0 Å². The van der Waals surface area contributed by atoms with E-state index in [2.05, 4.69) is 16.4 Å². The van der Waals surface area contributed by atoms with Gasteiger partial charge in [-0.15, -0.1) is 0 Å². The number of hydrogen-bond donors (Lipinski definition) is 2. The van der Waals surface area contributed by atoms with Gasteiger partial charge >= 0.3 is 0 Å². The topological polar surface area (TPSA) is 68.9 Å². The number of aromatic nitrogens is 1. The molecule has 17 heavy (non-hydrogen) atoms. The van der Waals surface area contributed by atoms with E-state index in [4.69, 9.17) is 5.11 Å². The third-order valence-electron chi connectivity index (χ3n) is 2.46. The Bertz CT molecular complexity index is 441. The van der Waals surface area contributed by atoms with Crippen molar-refractivity contribution >= 4 is 5.82 Å². The normalized spacial score (nSPS) is 11.1. The highest BCUT2D eigenvalue weighted by molar-refractivity contribution is 5.50. The van der Waals surface area contributed by atoms with E-state index in [9.17, 15) is 5.26 Å². The Hall–Kier alpha value is -1.60.